The number of amides is 1. The SMILES string of the molecule is COc1ccc(S(=O)(=O)n2cccc2)cc1C(=O)Nc1cc(C(F)(F)F)cc(C(F)(F)F)c1. The Hall–Kier alpha value is -3.48. The fourth-order valence-corrected chi connectivity index (χ4v) is 4.06. The maximum Gasteiger partial charge on any atom is 0.416 e. The number of rotatable bonds is 5. The van der Waals surface area contributed by atoms with Gasteiger partial charge in [-0.15, -0.1) is 0 Å². The molecule has 0 fully saturated rings. The standard InChI is InChI=1S/C20H14F6N2O4S/c1-32-17-5-4-15(33(30,31)28-6-2-3-7-28)11-16(17)18(29)27-14-9-12(19(21,22)23)8-13(10-14)20(24,25)26/h2-11H,1H3,(H,27,29). The van der Waals surface area contributed by atoms with Crippen molar-refractivity contribution in [3.8, 4) is 5.75 Å². The van der Waals surface area contributed by atoms with Crippen molar-refractivity contribution in [3.05, 3.63) is 77.6 Å². The molecule has 0 atom stereocenters. The van der Waals surface area contributed by atoms with E-state index in [1.54, 1.807) is 0 Å². The van der Waals surface area contributed by atoms with Gasteiger partial charge in [0.25, 0.3) is 15.9 Å². The molecule has 1 N–H and O–H groups in total. The molecule has 3 aromatic rings. The summed E-state index contributed by atoms with van der Waals surface area (Å²) >= 11 is 0. The first kappa shape index (κ1) is 24.2. The number of nitrogens with one attached hydrogen (secondary N) is 1. The number of aromatic nitrogens is 1. The summed E-state index contributed by atoms with van der Waals surface area (Å²) in [5.41, 5.74) is -4.45. The highest BCUT2D eigenvalue weighted by atomic mass is 32.2. The maximum absolute atomic E-state index is 13.1. The molecule has 0 radical (unpaired) electrons. The van der Waals surface area contributed by atoms with Gasteiger partial charge in [-0.3, -0.25) is 4.79 Å². The number of methoxy groups -OCH3 is 1. The molecule has 0 aliphatic heterocycles. The molecule has 0 spiro atoms. The Labute approximate surface area is 183 Å². The van der Waals surface area contributed by atoms with Crippen molar-refractivity contribution < 1.29 is 44.3 Å². The molecule has 1 amide bonds. The molecule has 3 rings (SSSR count). The molecule has 13 heteroatoms. The van der Waals surface area contributed by atoms with Crippen molar-refractivity contribution in [3.63, 3.8) is 0 Å². The summed E-state index contributed by atoms with van der Waals surface area (Å²) in [6.07, 6.45) is -7.74. The zero-order valence-electron chi connectivity index (χ0n) is 16.5. The van der Waals surface area contributed by atoms with Gasteiger partial charge < -0.3 is 10.1 Å². The summed E-state index contributed by atoms with van der Waals surface area (Å²) < 4.78 is 110. The highest BCUT2D eigenvalue weighted by molar-refractivity contribution is 7.90. The Bertz CT molecular complexity index is 1250. The number of benzene rings is 2. The van der Waals surface area contributed by atoms with Crippen LogP contribution in [0.3, 0.4) is 0 Å². The van der Waals surface area contributed by atoms with E-state index in [2.05, 4.69) is 0 Å². The largest absolute Gasteiger partial charge is 0.496 e. The van der Waals surface area contributed by atoms with Gasteiger partial charge in [-0.05, 0) is 48.5 Å². The highest BCUT2D eigenvalue weighted by Gasteiger charge is 2.37. The summed E-state index contributed by atoms with van der Waals surface area (Å²) in [6.45, 7) is 0. The van der Waals surface area contributed by atoms with Gasteiger partial charge in [0, 0.05) is 18.1 Å². The van der Waals surface area contributed by atoms with E-state index in [9.17, 15) is 39.6 Å². The Morgan fingerprint density at radius 1 is 0.909 bits per heavy atom. The molecule has 1 heterocycles. The molecule has 2 aromatic carbocycles. The van der Waals surface area contributed by atoms with Crippen LogP contribution in [0.5, 0.6) is 5.75 Å². The second kappa shape index (κ2) is 8.46. The predicted molar refractivity (Wildman–Crippen MR) is 104 cm³/mol. The quantitative estimate of drug-likeness (QED) is 0.508. The second-order valence-corrected chi connectivity index (χ2v) is 8.47. The molecule has 0 unspecified atom stereocenters. The van der Waals surface area contributed by atoms with Crippen LogP contribution in [0.25, 0.3) is 0 Å². The third kappa shape index (κ3) is 5.13. The lowest BCUT2D eigenvalue weighted by molar-refractivity contribution is -0.143. The van der Waals surface area contributed by atoms with Crippen LogP contribution in [0.4, 0.5) is 32.0 Å². The van der Waals surface area contributed by atoms with Gasteiger partial charge in [-0.1, -0.05) is 0 Å². The lowest BCUT2D eigenvalue weighted by Gasteiger charge is -2.16. The minimum Gasteiger partial charge on any atom is -0.496 e. The monoisotopic (exact) mass is 492 g/mol. The second-order valence-electron chi connectivity index (χ2n) is 6.63. The van der Waals surface area contributed by atoms with Crippen molar-refractivity contribution in [2.24, 2.45) is 0 Å². The van der Waals surface area contributed by atoms with Crippen LogP contribution in [0, 0.1) is 0 Å². The number of halogens is 6. The molecule has 0 saturated carbocycles. The molecule has 0 saturated heterocycles. The highest BCUT2D eigenvalue weighted by Crippen LogP contribution is 2.38. The van der Waals surface area contributed by atoms with Gasteiger partial charge >= 0.3 is 12.4 Å². The number of hydrogen-bond acceptors (Lipinski definition) is 4. The first-order chi connectivity index (χ1) is 15.2. The summed E-state index contributed by atoms with van der Waals surface area (Å²) in [7, 11) is -2.97. The number of ether oxygens (including phenoxy) is 1. The maximum atomic E-state index is 13.1. The normalized spacial score (nSPS) is 12.5. The van der Waals surface area contributed by atoms with Crippen molar-refractivity contribution in [2.45, 2.75) is 17.2 Å². The third-order valence-corrected chi connectivity index (χ3v) is 6.06. The van der Waals surface area contributed by atoms with E-state index < -0.39 is 50.7 Å². The third-order valence-electron chi connectivity index (χ3n) is 4.41. The average Bonchev–Trinajstić information content (AvgIpc) is 3.27. The van der Waals surface area contributed by atoms with Crippen LogP contribution in [-0.4, -0.2) is 25.4 Å². The van der Waals surface area contributed by atoms with E-state index in [1.807, 2.05) is 5.32 Å². The fraction of sp³-hybridized carbons (Fsp3) is 0.150. The fourth-order valence-electron chi connectivity index (χ4n) is 2.85. The first-order valence-corrected chi connectivity index (χ1v) is 10.3. The smallest absolute Gasteiger partial charge is 0.416 e. The van der Waals surface area contributed by atoms with E-state index in [1.165, 1.54) is 24.5 Å². The predicted octanol–water partition coefficient (Wildman–Crippen LogP) is 5.02. The number of alkyl halides is 6. The average molecular weight is 492 g/mol. The lowest BCUT2D eigenvalue weighted by atomic mass is 10.1. The number of carbonyl (C=O) groups excluding carboxylic acids is 1. The van der Waals surface area contributed by atoms with Gasteiger partial charge in [0.15, 0.2) is 0 Å². The summed E-state index contributed by atoms with van der Waals surface area (Å²) in [6, 6.07) is 6.65. The van der Waals surface area contributed by atoms with Crippen molar-refractivity contribution >= 4 is 21.6 Å². The Morgan fingerprint density at radius 3 is 1.94 bits per heavy atom. The molecular formula is C20H14F6N2O4S. The minimum absolute atomic E-state index is 0.0828. The van der Waals surface area contributed by atoms with Crippen LogP contribution in [0.15, 0.2) is 65.8 Å². The molecule has 176 valence electrons. The van der Waals surface area contributed by atoms with E-state index >= 15 is 0 Å². The van der Waals surface area contributed by atoms with Gasteiger partial charge in [0.1, 0.15) is 5.75 Å². The van der Waals surface area contributed by atoms with E-state index in [4.69, 9.17) is 4.74 Å². The van der Waals surface area contributed by atoms with Crippen molar-refractivity contribution in [2.75, 3.05) is 12.4 Å². The van der Waals surface area contributed by atoms with Crippen molar-refractivity contribution in [1.29, 1.82) is 0 Å². The van der Waals surface area contributed by atoms with Crippen LogP contribution in [-0.2, 0) is 22.4 Å². The zero-order chi connectivity index (χ0) is 24.6. The molecule has 6 nitrogen and oxygen atoms in total. The summed E-state index contributed by atoms with van der Waals surface area (Å²) in [5, 5.41) is 1.95. The van der Waals surface area contributed by atoms with Crippen LogP contribution in [0.1, 0.15) is 21.5 Å². The molecule has 1 aromatic heterocycles. The Kier molecular flexibility index (Phi) is 6.20. The van der Waals surface area contributed by atoms with Crippen LogP contribution in [0.2, 0.25) is 0 Å². The molecule has 0 bridgehead atoms. The van der Waals surface area contributed by atoms with Gasteiger partial charge in [0.2, 0.25) is 0 Å². The molecule has 0 aliphatic carbocycles. The van der Waals surface area contributed by atoms with E-state index in [0.29, 0.717) is 12.1 Å². The number of nitrogens with zero attached hydrogens (tertiary/aromatic N) is 1. The van der Waals surface area contributed by atoms with E-state index in [0.717, 1.165) is 29.3 Å². The lowest BCUT2D eigenvalue weighted by Crippen LogP contribution is -2.18. The Balaban J connectivity index is 2.04. The molecule has 33 heavy (non-hydrogen) atoms. The number of anilines is 1. The van der Waals surface area contributed by atoms with Gasteiger partial charge in [-0.2, -0.15) is 26.3 Å². The van der Waals surface area contributed by atoms with Crippen LogP contribution < -0.4 is 10.1 Å². The summed E-state index contributed by atoms with van der Waals surface area (Å²) in [5.74, 6) is -1.33. The van der Waals surface area contributed by atoms with Gasteiger partial charge in [-0.25, -0.2) is 12.4 Å². The van der Waals surface area contributed by atoms with Crippen molar-refractivity contribution in [1.82, 2.24) is 3.97 Å². The zero-order valence-corrected chi connectivity index (χ0v) is 17.3. The first-order valence-electron chi connectivity index (χ1n) is 8.91. The number of hydrogen-bond donors (Lipinski definition) is 1. The molecule has 0 aliphatic rings. The van der Waals surface area contributed by atoms with Gasteiger partial charge in [0.05, 0.1) is 28.7 Å². The Morgan fingerprint density at radius 2 is 1.45 bits per heavy atom. The van der Waals surface area contributed by atoms with E-state index in [-0.39, 0.29) is 16.7 Å². The minimum atomic E-state index is -5.11. The van der Waals surface area contributed by atoms with Crippen LogP contribution >= 0.6 is 0 Å². The summed E-state index contributed by atoms with van der Waals surface area (Å²) in [4.78, 5) is 12.4. The topological polar surface area (TPSA) is 77.4 Å². The number of carbonyl (C=O) groups is 1. The molecular weight excluding hydrogens is 478 g/mol.